The van der Waals surface area contributed by atoms with E-state index in [1.807, 2.05) is 6.92 Å². The smallest absolute Gasteiger partial charge is 0.315 e. The number of hydrogen-bond donors (Lipinski definition) is 3. The van der Waals surface area contributed by atoms with Crippen molar-refractivity contribution >= 4 is 11.9 Å². The molecule has 26 heavy (non-hydrogen) atoms. The van der Waals surface area contributed by atoms with Gasteiger partial charge >= 0.3 is 6.03 Å². The summed E-state index contributed by atoms with van der Waals surface area (Å²) in [5, 5.41) is 9.12. The van der Waals surface area contributed by atoms with Crippen molar-refractivity contribution in [2.75, 3.05) is 6.54 Å². The molecule has 3 amide bonds. The van der Waals surface area contributed by atoms with E-state index in [0.29, 0.717) is 11.8 Å². The van der Waals surface area contributed by atoms with Crippen LogP contribution in [0.3, 0.4) is 0 Å². The molecule has 0 unspecified atom stereocenters. The molecule has 5 rings (SSSR count). The molecule has 5 nitrogen and oxygen atoms in total. The molecule has 146 valence electrons. The van der Waals surface area contributed by atoms with Gasteiger partial charge in [-0.25, -0.2) is 4.79 Å². The zero-order chi connectivity index (χ0) is 18.1. The zero-order valence-corrected chi connectivity index (χ0v) is 16.2. The van der Waals surface area contributed by atoms with E-state index in [4.69, 9.17) is 0 Å². The van der Waals surface area contributed by atoms with Gasteiger partial charge in [-0.2, -0.15) is 0 Å². The van der Waals surface area contributed by atoms with Crippen LogP contribution in [0.4, 0.5) is 4.79 Å². The van der Waals surface area contributed by atoms with Gasteiger partial charge in [0, 0.05) is 19.0 Å². The fourth-order valence-electron chi connectivity index (χ4n) is 6.67. The van der Waals surface area contributed by atoms with Gasteiger partial charge < -0.3 is 16.0 Å². The highest BCUT2D eigenvalue weighted by Crippen LogP contribution is 2.59. The Morgan fingerprint density at radius 3 is 2.27 bits per heavy atom. The molecule has 4 saturated carbocycles. The number of carbonyl (C=O) groups excluding carboxylic acids is 2. The van der Waals surface area contributed by atoms with Crippen molar-refractivity contribution in [3.8, 4) is 0 Å². The number of urea groups is 1. The predicted molar refractivity (Wildman–Crippen MR) is 102 cm³/mol. The van der Waals surface area contributed by atoms with Crippen LogP contribution in [-0.4, -0.2) is 30.6 Å². The van der Waals surface area contributed by atoms with E-state index in [2.05, 4.69) is 16.0 Å². The van der Waals surface area contributed by atoms with Gasteiger partial charge in [0.05, 0.1) is 6.04 Å². The predicted octanol–water partition coefficient (Wildman–Crippen LogP) is 3.34. The molecule has 5 fully saturated rings. The van der Waals surface area contributed by atoms with Gasteiger partial charge in [0.15, 0.2) is 0 Å². The van der Waals surface area contributed by atoms with Crippen LogP contribution in [0, 0.1) is 23.2 Å². The Labute approximate surface area is 157 Å². The first-order chi connectivity index (χ1) is 12.5. The lowest BCUT2D eigenvalue weighted by Gasteiger charge is -2.56. The number of amides is 3. The fraction of sp³-hybridized carbons (Fsp3) is 0.905. The van der Waals surface area contributed by atoms with Crippen molar-refractivity contribution in [2.24, 2.45) is 23.2 Å². The van der Waals surface area contributed by atoms with Crippen molar-refractivity contribution in [3.05, 3.63) is 0 Å². The lowest BCUT2D eigenvalue weighted by atomic mass is 9.49. The summed E-state index contributed by atoms with van der Waals surface area (Å²) in [5.74, 6) is 3.09. The van der Waals surface area contributed by atoms with E-state index in [1.54, 1.807) is 0 Å². The highest BCUT2D eigenvalue weighted by molar-refractivity contribution is 5.77. The van der Waals surface area contributed by atoms with Crippen LogP contribution in [0.2, 0.25) is 0 Å². The molecular weight excluding hydrogens is 326 g/mol. The summed E-state index contributed by atoms with van der Waals surface area (Å²) in [6, 6.07) is 0.407. The molecule has 4 aliphatic carbocycles. The van der Waals surface area contributed by atoms with E-state index in [0.717, 1.165) is 50.0 Å². The number of hydrogen-bond acceptors (Lipinski definition) is 2. The Balaban J connectivity index is 1.11. The van der Waals surface area contributed by atoms with Crippen molar-refractivity contribution in [1.82, 2.24) is 16.0 Å². The van der Waals surface area contributed by atoms with Gasteiger partial charge in [-0.3, -0.25) is 4.79 Å². The minimum absolute atomic E-state index is 0.0495. The summed E-state index contributed by atoms with van der Waals surface area (Å²) >= 11 is 0. The molecule has 0 aromatic carbocycles. The SMILES string of the molecule is C[C@@H]1NC(=O)N[C@@H]1CCCCCC(=O)NCC12CC3CC(CC(C3)C1)C2. The average molecular weight is 362 g/mol. The maximum atomic E-state index is 12.3. The third kappa shape index (κ3) is 4.01. The summed E-state index contributed by atoms with van der Waals surface area (Å²) in [4.78, 5) is 23.5. The summed E-state index contributed by atoms with van der Waals surface area (Å²) in [5.41, 5.74) is 0.439. The standard InChI is InChI=1S/C21H35N3O2/c1-14-18(24-20(26)23-14)5-3-2-4-6-19(25)22-13-21-10-15-7-16(11-21)9-17(8-15)12-21/h14-18H,2-13H2,1H3,(H,22,25)(H2,23,24,26)/t14-,15?,16?,17?,18+,21?/m0/s1. The van der Waals surface area contributed by atoms with Crippen molar-refractivity contribution in [3.63, 3.8) is 0 Å². The van der Waals surface area contributed by atoms with E-state index in [1.165, 1.54) is 38.5 Å². The first kappa shape index (κ1) is 18.1. The molecule has 5 heteroatoms. The van der Waals surface area contributed by atoms with Crippen LogP contribution in [0.15, 0.2) is 0 Å². The van der Waals surface area contributed by atoms with Crippen molar-refractivity contribution < 1.29 is 9.59 Å². The van der Waals surface area contributed by atoms with Crippen molar-refractivity contribution in [2.45, 2.75) is 89.6 Å². The Morgan fingerprint density at radius 2 is 1.69 bits per heavy atom. The molecule has 0 aromatic heterocycles. The first-order valence-corrected chi connectivity index (χ1v) is 10.9. The average Bonchev–Trinajstić information content (AvgIpc) is 2.89. The lowest BCUT2D eigenvalue weighted by Crippen LogP contribution is -2.51. The number of carbonyl (C=O) groups is 2. The van der Waals surface area contributed by atoms with E-state index >= 15 is 0 Å². The molecule has 1 heterocycles. The number of rotatable bonds is 8. The molecule has 3 N–H and O–H groups in total. The minimum Gasteiger partial charge on any atom is -0.356 e. The maximum absolute atomic E-state index is 12.3. The summed E-state index contributed by atoms with van der Waals surface area (Å²) in [7, 11) is 0. The Hall–Kier alpha value is -1.26. The monoisotopic (exact) mass is 361 g/mol. The molecule has 0 radical (unpaired) electrons. The Kier molecular flexibility index (Phi) is 5.15. The Morgan fingerprint density at radius 1 is 1.04 bits per heavy atom. The van der Waals surface area contributed by atoms with E-state index in [-0.39, 0.29) is 24.0 Å². The van der Waals surface area contributed by atoms with Gasteiger partial charge in [-0.05, 0) is 81.5 Å². The summed E-state index contributed by atoms with van der Waals surface area (Å²) in [6.07, 6.45) is 13.2. The van der Waals surface area contributed by atoms with Crippen LogP contribution in [-0.2, 0) is 4.79 Å². The normalized spacial score (nSPS) is 40.3. The van der Waals surface area contributed by atoms with Crippen LogP contribution in [0.1, 0.15) is 77.6 Å². The van der Waals surface area contributed by atoms with Crippen molar-refractivity contribution in [1.29, 1.82) is 0 Å². The number of nitrogens with one attached hydrogen (secondary N) is 3. The quantitative estimate of drug-likeness (QED) is 0.580. The van der Waals surface area contributed by atoms with Gasteiger partial charge in [0.2, 0.25) is 5.91 Å². The van der Waals surface area contributed by atoms with Gasteiger partial charge in [-0.15, -0.1) is 0 Å². The summed E-state index contributed by atoms with van der Waals surface area (Å²) in [6.45, 7) is 2.97. The molecule has 0 spiro atoms. The topological polar surface area (TPSA) is 70.2 Å². The highest BCUT2D eigenvalue weighted by atomic mass is 16.2. The van der Waals surface area contributed by atoms with E-state index < -0.39 is 0 Å². The second-order valence-corrected chi connectivity index (χ2v) is 9.81. The fourth-order valence-corrected chi connectivity index (χ4v) is 6.67. The molecule has 1 aliphatic heterocycles. The van der Waals surface area contributed by atoms with Crippen LogP contribution in [0.25, 0.3) is 0 Å². The largest absolute Gasteiger partial charge is 0.356 e. The maximum Gasteiger partial charge on any atom is 0.315 e. The third-order valence-electron chi connectivity index (χ3n) is 7.52. The molecule has 2 atom stereocenters. The third-order valence-corrected chi connectivity index (χ3v) is 7.52. The first-order valence-electron chi connectivity index (χ1n) is 10.9. The number of unbranched alkanes of at least 4 members (excludes halogenated alkanes) is 2. The molecule has 0 aromatic rings. The highest BCUT2D eigenvalue weighted by Gasteiger charge is 2.50. The van der Waals surface area contributed by atoms with Gasteiger partial charge in [0.1, 0.15) is 0 Å². The summed E-state index contributed by atoms with van der Waals surface area (Å²) < 4.78 is 0. The molecule has 1 saturated heterocycles. The Bertz CT molecular complexity index is 512. The van der Waals surface area contributed by atoms with Gasteiger partial charge in [-0.1, -0.05) is 12.8 Å². The van der Waals surface area contributed by atoms with Crippen LogP contribution in [0.5, 0.6) is 0 Å². The van der Waals surface area contributed by atoms with Crippen LogP contribution >= 0.6 is 0 Å². The minimum atomic E-state index is -0.0495. The molecular formula is C21H35N3O2. The van der Waals surface area contributed by atoms with Gasteiger partial charge in [0.25, 0.3) is 0 Å². The second kappa shape index (κ2) is 7.40. The second-order valence-electron chi connectivity index (χ2n) is 9.81. The van der Waals surface area contributed by atoms with E-state index in [9.17, 15) is 9.59 Å². The molecule has 5 aliphatic rings. The van der Waals surface area contributed by atoms with Crippen LogP contribution < -0.4 is 16.0 Å². The molecule has 4 bridgehead atoms. The zero-order valence-electron chi connectivity index (χ0n) is 16.2. The lowest BCUT2D eigenvalue weighted by molar-refractivity contribution is -0.123.